The first-order valence-corrected chi connectivity index (χ1v) is 9.96. The van der Waals surface area contributed by atoms with E-state index in [1.807, 2.05) is 35.1 Å². The molecule has 1 aliphatic heterocycles. The molecule has 0 bridgehead atoms. The fraction of sp³-hybridized carbons (Fsp3) is 0.500. The largest absolute Gasteiger partial charge is 0.481 e. The maximum absolute atomic E-state index is 12.5. The number of rotatable bonds is 7. The van der Waals surface area contributed by atoms with E-state index in [0.717, 1.165) is 16.9 Å². The van der Waals surface area contributed by atoms with Crippen molar-refractivity contribution in [1.82, 2.24) is 14.9 Å². The van der Waals surface area contributed by atoms with Crippen LogP contribution in [0.4, 0.5) is 0 Å². The summed E-state index contributed by atoms with van der Waals surface area (Å²) in [6.07, 6.45) is 2.81. The molecule has 1 fully saturated rings. The third-order valence-corrected chi connectivity index (χ3v) is 5.38. The first kappa shape index (κ1) is 18.7. The van der Waals surface area contributed by atoms with Gasteiger partial charge in [0.2, 0.25) is 5.91 Å². The Morgan fingerprint density at radius 1 is 1.35 bits per heavy atom. The van der Waals surface area contributed by atoms with E-state index in [-0.39, 0.29) is 19.0 Å². The van der Waals surface area contributed by atoms with Gasteiger partial charge in [-0.3, -0.25) is 9.59 Å². The van der Waals surface area contributed by atoms with Gasteiger partial charge in [-0.05, 0) is 31.2 Å². The molecule has 1 saturated heterocycles. The number of para-hydroxylation sites is 2. The summed E-state index contributed by atoms with van der Waals surface area (Å²) in [7, 11) is 0. The lowest BCUT2D eigenvalue weighted by molar-refractivity contribution is -0.154. The zero-order chi connectivity index (χ0) is 18.6. The number of carboxylic acid groups (broad SMARTS) is 1. The smallest absolute Gasteiger partial charge is 0.311 e. The molecular formula is C18H23N3O4S. The van der Waals surface area contributed by atoms with Gasteiger partial charge < -0.3 is 19.7 Å². The fourth-order valence-electron chi connectivity index (χ4n) is 3.24. The van der Waals surface area contributed by atoms with Crippen LogP contribution in [0.2, 0.25) is 0 Å². The molecule has 0 unspecified atom stereocenters. The maximum Gasteiger partial charge on any atom is 0.311 e. The van der Waals surface area contributed by atoms with Crippen LogP contribution in [-0.2, 0) is 26.6 Å². The van der Waals surface area contributed by atoms with E-state index in [1.54, 1.807) is 11.8 Å². The third-order valence-electron chi connectivity index (χ3n) is 4.84. The molecule has 0 atom stereocenters. The molecular weight excluding hydrogens is 354 g/mol. The Morgan fingerprint density at radius 2 is 2.08 bits per heavy atom. The highest BCUT2D eigenvalue weighted by Gasteiger charge is 2.40. The SMILES string of the molecule is CSCc1nc2ccccc2n1CC(=O)NCC1(C(=O)O)CCOCC1. The van der Waals surface area contributed by atoms with Crippen molar-refractivity contribution in [2.45, 2.75) is 25.1 Å². The molecule has 1 aliphatic rings. The van der Waals surface area contributed by atoms with E-state index in [1.165, 1.54) is 0 Å². The normalized spacial score (nSPS) is 16.5. The molecule has 0 aliphatic carbocycles. The highest BCUT2D eigenvalue weighted by molar-refractivity contribution is 7.97. The van der Waals surface area contributed by atoms with Crippen molar-refractivity contribution in [3.8, 4) is 0 Å². The summed E-state index contributed by atoms with van der Waals surface area (Å²) in [5, 5.41) is 12.4. The van der Waals surface area contributed by atoms with Gasteiger partial charge in [-0.25, -0.2) is 4.98 Å². The van der Waals surface area contributed by atoms with E-state index in [9.17, 15) is 14.7 Å². The maximum atomic E-state index is 12.5. The van der Waals surface area contributed by atoms with Crippen molar-refractivity contribution in [1.29, 1.82) is 0 Å². The number of ether oxygens (including phenoxy) is 1. The molecule has 140 valence electrons. The van der Waals surface area contributed by atoms with Crippen LogP contribution >= 0.6 is 11.8 Å². The third kappa shape index (κ3) is 3.86. The van der Waals surface area contributed by atoms with E-state index in [2.05, 4.69) is 10.3 Å². The second-order valence-corrected chi connectivity index (χ2v) is 7.38. The van der Waals surface area contributed by atoms with Gasteiger partial charge in [0, 0.05) is 19.8 Å². The lowest BCUT2D eigenvalue weighted by Crippen LogP contribution is -2.47. The van der Waals surface area contributed by atoms with Crippen molar-refractivity contribution in [2.75, 3.05) is 26.0 Å². The number of nitrogens with one attached hydrogen (secondary N) is 1. The fourth-order valence-corrected chi connectivity index (χ4v) is 3.72. The predicted octanol–water partition coefficient (Wildman–Crippen LogP) is 1.90. The minimum absolute atomic E-state index is 0.120. The van der Waals surface area contributed by atoms with Crippen LogP contribution in [0.1, 0.15) is 18.7 Å². The highest BCUT2D eigenvalue weighted by Crippen LogP contribution is 2.30. The Kier molecular flexibility index (Phi) is 5.83. The molecule has 1 amide bonds. The predicted molar refractivity (Wildman–Crippen MR) is 100 cm³/mol. The Morgan fingerprint density at radius 3 is 2.77 bits per heavy atom. The van der Waals surface area contributed by atoms with E-state index >= 15 is 0 Å². The number of hydrogen-bond acceptors (Lipinski definition) is 5. The molecule has 2 aromatic rings. The summed E-state index contributed by atoms with van der Waals surface area (Å²) < 4.78 is 7.17. The molecule has 0 saturated carbocycles. The zero-order valence-corrected chi connectivity index (χ0v) is 15.6. The number of nitrogens with zero attached hydrogens (tertiary/aromatic N) is 2. The van der Waals surface area contributed by atoms with Gasteiger partial charge >= 0.3 is 5.97 Å². The van der Waals surface area contributed by atoms with Gasteiger partial charge in [0.1, 0.15) is 12.4 Å². The Hall–Kier alpha value is -2.06. The van der Waals surface area contributed by atoms with Gasteiger partial charge in [-0.15, -0.1) is 0 Å². The monoisotopic (exact) mass is 377 g/mol. The number of thioether (sulfide) groups is 1. The summed E-state index contributed by atoms with van der Waals surface area (Å²) in [5.41, 5.74) is 0.828. The topological polar surface area (TPSA) is 93.5 Å². The van der Waals surface area contributed by atoms with Crippen LogP contribution in [0, 0.1) is 5.41 Å². The van der Waals surface area contributed by atoms with Crippen molar-refractivity contribution >= 4 is 34.7 Å². The van der Waals surface area contributed by atoms with Gasteiger partial charge in [-0.1, -0.05) is 12.1 Å². The van der Waals surface area contributed by atoms with E-state index in [0.29, 0.717) is 31.8 Å². The first-order chi connectivity index (χ1) is 12.6. The number of carbonyl (C=O) groups excluding carboxylic acids is 1. The molecule has 2 N–H and O–H groups in total. The molecule has 1 aromatic carbocycles. The lowest BCUT2D eigenvalue weighted by atomic mass is 9.80. The molecule has 0 radical (unpaired) electrons. The molecule has 0 spiro atoms. The quantitative estimate of drug-likeness (QED) is 0.765. The Bertz CT molecular complexity index is 799. The summed E-state index contributed by atoms with van der Waals surface area (Å²) in [4.78, 5) is 28.8. The van der Waals surface area contributed by atoms with Crippen molar-refractivity contribution in [3.63, 3.8) is 0 Å². The number of carboxylic acids is 1. The summed E-state index contributed by atoms with van der Waals surface area (Å²) in [6, 6.07) is 7.71. The van der Waals surface area contributed by atoms with Crippen molar-refractivity contribution in [3.05, 3.63) is 30.1 Å². The number of fused-ring (bicyclic) bond motifs is 1. The Labute approximate surface area is 156 Å². The Balaban J connectivity index is 1.73. The molecule has 26 heavy (non-hydrogen) atoms. The summed E-state index contributed by atoms with van der Waals surface area (Å²) in [5.74, 6) is 0.464. The minimum Gasteiger partial charge on any atom is -0.481 e. The van der Waals surface area contributed by atoms with Crippen LogP contribution in [0.15, 0.2) is 24.3 Å². The summed E-state index contributed by atoms with van der Waals surface area (Å²) >= 11 is 1.64. The van der Waals surface area contributed by atoms with Crippen LogP contribution in [-0.4, -0.2) is 52.5 Å². The molecule has 8 heteroatoms. The number of benzene rings is 1. The van der Waals surface area contributed by atoms with E-state index in [4.69, 9.17) is 4.74 Å². The first-order valence-electron chi connectivity index (χ1n) is 8.57. The average Bonchev–Trinajstić information content (AvgIpc) is 2.98. The lowest BCUT2D eigenvalue weighted by Gasteiger charge is -2.33. The second-order valence-electron chi connectivity index (χ2n) is 6.51. The zero-order valence-electron chi connectivity index (χ0n) is 14.7. The minimum atomic E-state index is -0.937. The summed E-state index contributed by atoms with van der Waals surface area (Å²) in [6.45, 7) is 1.07. The number of imidazole rings is 1. The molecule has 1 aromatic heterocycles. The number of aromatic nitrogens is 2. The molecule has 2 heterocycles. The highest BCUT2D eigenvalue weighted by atomic mass is 32.2. The van der Waals surface area contributed by atoms with Crippen molar-refractivity contribution in [2.24, 2.45) is 5.41 Å². The number of aliphatic carboxylic acids is 1. The van der Waals surface area contributed by atoms with Gasteiger partial charge in [-0.2, -0.15) is 11.8 Å². The van der Waals surface area contributed by atoms with E-state index < -0.39 is 11.4 Å². The number of hydrogen-bond donors (Lipinski definition) is 2. The number of carbonyl (C=O) groups is 2. The second kappa shape index (κ2) is 8.09. The standard InChI is InChI=1S/C18H23N3O4S/c1-26-11-15-20-13-4-2-3-5-14(13)21(15)10-16(22)19-12-18(17(23)24)6-8-25-9-7-18/h2-5H,6-12H2,1H3,(H,19,22)(H,23,24). The molecule has 3 rings (SSSR count). The van der Waals surface area contributed by atoms with Crippen LogP contribution in [0.25, 0.3) is 11.0 Å². The van der Waals surface area contributed by atoms with Gasteiger partial charge in [0.25, 0.3) is 0 Å². The van der Waals surface area contributed by atoms with Gasteiger partial charge in [0.05, 0.1) is 22.2 Å². The van der Waals surface area contributed by atoms with Crippen molar-refractivity contribution < 1.29 is 19.4 Å². The van der Waals surface area contributed by atoms with Crippen LogP contribution in [0.5, 0.6) is 0 Å². The number of amides is 1. The molecule has 7 nitrogen and oxygen atoms in total. The van der Waals surface area contributed by atoms with Crippen LogP contribution < -0.4 is 5.32 Å². The van der Waals surface area contributed by atoms with Crippen LogP contribution in [0.3, 0.4) is 0 Å². The van der Waals surface area contributed by atoms with Gasteiger partial charge in [0.15, 0.2) is 0 Å². The average molecular weight is 377 g/mol.